The summed E-state index contributed by atoms with van der Waals surface area (Å²) < 4.78 is 13.5. The van der Waals surface area contributed by atoms with Gasteiger partial charge in [-0.2, -0.15) is 0 Å². The molecule has 0 saturated heterocycles. The van der Waals surface area contributed by atoms with Crippen LogP contribution in [0, 0.1) is 12.7 Å². The van der Waals surface area contributed by atoms with Crippen LogP contribution in [-0.2, 0) is 6.42 Å². The molecule has 0 bridgehead atoms. The first-order valence-corrected chi connectivity index (χ1v) is 6.36. The van der Waals surface area contributed by atoms with E-state index >= 15 is 0 Å². The van der Waals surface area contributed by atoms with Crippen LogP contribution >= 0.6 is 11.3 Å². The number of Topliss-reactive ketones (excluding diaryl/α,β-unsaturated/α-hetero) is 1. The molecule has 2 aromatic rings. The van der Waals surface area contributed by atoms with E-state index in [1.165, 1.54) is 6.07 Å². The van der Waals surface area contributed by atoms with Crippen molar-refractivity contribution in [2.45, 2.75) is 19.8 Å². The highest BCUT2D eigenvalue weighted by Gasteiger charge is 2.11. The molecule has 1 aromatic carbocycles. The van der Waals surface area contributed by atoms with Gasteiger partial charge in [0.25, 0.3) is 0 Å². The van der Waals surface area contributed by atoms with E-state index in [-0.39, 0.29) is 11.3 Å². The van der Waals surface area contributed by atoms with Crippen molar-refractivity contribution < 1.29 is 9.18 Å². The first-order chi connectivity index (χ1) is 8.16. The van der Waals surface area contributed by atoms with Gasteiger partial charge in [0.2, 0.25) is 0 Å². The van der Waals surface area contributed by atoms with Gasteiger partial charge in [-0.1, -0.05) is 12.1 Å². The summed E-state index contributed by atoms with van der Waals surface area (Å²) in [4.78, 5) is 13.0. The van der Waals surface area contributed by atoms with E-state index in [4.69, 9.17) is 0 Å². The fourth-order valence-electron chi connectivity index (χ4n) is 1.67. The standard InChI is InChI=1S/C14H13FOS/c1-10-4-6-12(13(15)9-10)14(16)7-5-11-3-2-8-17-11/h2-4,6,8-9H,5,7H2,1H3. The number of aryl methyl sites for hydroxylation is 2. The highest BCUT2D eigenvalue weighted by atomic mass is 32.1. The van der Waals surface area contributed by atoms with E-state index in [1.54, 1.807) is 23.5 Å². The third-order valence-corrected chi connectivity index (χ3v) is 3.54. The van der Waals surface area contributed by atoms with Crippen LogP contribution in [0.5, 0.6) is 0 Å². The van der Waals surface area contributed by atoms with Crippen LogP contribution in [0.4, 0.5) is 4.39 Å². The summed E-state index contributed by atoms with van der Waals surface area (Å²) in [5, 5.41) is 1.98. The Morgan fingerprint density at radius 3 is 2.82 bits per heavy atom. The number of benzene rings is 1. The number of thiophene rings is 1. The van der Waals surface area contributed by atoms with Crippen LogP contribution in [0.3, 0.4) is 0 Å². The molecular weight excluding hydrogens is 235 g/mol. The average Bonchev–Trinajstić information content (AvgIpc) is 2.78. The molecule has 88 valence electrons. The number of carbonyl (C=O) groups is 1. The molecule has 0 aliphatic heterocycles. The van der Waals surface area contributed by atoms with Crippen LogP contribution in [-0.4, -0.2) is 5.78 Å². The van der Waals surface area contributed by atoms with Crippen molar-refractivity contribution in [1.82, 2.24) is 0 Å². The number of rotatable bonds is 4. The Bertz CT molecular complexity index is 517. The molecule has 2 rings (SSSR count). The van der Waals surface area contributed by atoms with Crippen molar-refractivity contribution in [3.63, 3.8) is 0 Å². The summed E-state index contributed by atoms with van der Waals surface area (Å²) in [5.74, 6) is -0.544. The minimum atomic E-state index is -0.416. The third-order valence-electron chi connectivity index (χ3n) is 2.60. The van der Waals surface area contributed by atoms with Crippen molar-refractivity contribution in [2.24, 2.45) is 0 Å². The monoisotopic (exact) mass is 248 g/mol. The molecule has 3 heteroatoms. The molecule has 1 nitrogen and oxygen atoms in total. The van der Waals surface area contributed by atoms with Crippen LogP contribution < -0.4 is 0 Å². The predicted octanol–water partition coefficient (Wildman–Crippen LogP) is 4.01. The zero-order valence-electron chi connectivity index (χ0n) is 9.57. The van der Waals surface area contributed by atoms with Gasteiger partial charge < -0.3 is 0 Å². The molecule has 0 amide bonds. The highest BCUT2D eigenvalue weighted by molar-refractivity contribution is 7.09. The van der Waals surface area contributed by atoms with Gasteiger partial charge in [-0.15, -0.1) is 11.3 Å². The second-order valence-corrected chi connectivity index (χ2v) is 5.02. The number of hydrogen-bond acceptors (Lipinski definition) is 2. The summed E-state index contributed by atoms with van der Waals surface area (Å²) in [7, 11) is 0. The summed E-state index contributed by atoms with van der Waals surface area (Å²) >= 11 is 1.62. The van der Waals surface area contributed by atoms with E-state index in [2.05, 4.69) is 0 Å². The van der Waals surface area contributed by atoms with Gasteiger partial charge in [0.1, 0.15) is 5.82 Å². The molecule has 17 heavy (non-hydrogen) atoms. The minimum absolute atomic E-state index is 0.129. The fourth-order valence-corrected chi connectivity index (χ4v) is 2.38. The normalized spacial score (nSPS) is 10.5. The predicted molar refractivity (Wildman–Crippen MR) is 68.1 cm³/mol. The van der Waals surface area contributed by atoms with E-state index in [1.807, 2.05) is 24.4 Å². The van der Waals surface area contributed by atoms with Crippen LogP contribution in [0.25, 0.3) is 0 Å². The number of halogens is 1. The maximum absolute atomic E-state index is 13.5. The van der Waals surface area contributed by atoms with Gasteiger partial charge >= 0.3 is 0 Å². The Morgan fingerprint density at radius 1 is 1.35 bits per heavy atom. The molecule has 0 unspecified atom stereocenters. The number of ketones is 1. The van der Waals surface area contributed by atoms with Crippen molar-refractivity contribution in [3.05, 3.63) is 57.5 Å². The summed E-state index contributed by atoms with van der Waals surface area (Å²) in [5.41, 5.74) is 1.03. The molecule has 0 N–H and O–H groups in total. The Kier molecular flexibility index (Phi) is 3.69. The molecule has 0 radical (unpaired) electrons. The maximum Gasteiger partial charge on any atom is 0.166 e. The number of carbonyl (C=O) groups excluding carboxylic acids is 1. The van der Waals surface area contributed by atoms with E-state index in [0.717, 1.165) is 10.4 Å². The van der Waals surface area contributed by atoms with Gasteiger partial charge in [0, 0.05) is 11.3 Å². The van der Waals surface area contributed by atoms with Gasteiger partial charge in [-0.05, 0) is 42.5 Å². The molecule has 0 spiro atoms. The van der Waals surface area contributed by atoms with Gasteiger partial charge in [-0.3, -0.25) is 4.79 Å². The summed E-state index contributed by atoms with van der Waals surface area (Å²) in [6.07, 6.45) is 1.05. The molecule has 0 fully saturated rings. The van der Waals surface area contributed by atoms with Gasteiger partial charge in [0.15, 0.2) is 5.78 Å². The third kappa shape index (κ3) is 3.01. The maximum atomic E-state index is 13.5. The SMILES string of the molecule is Cc1ccc(C(=O)CCc2cccs2)c(F)c1. The van der Waals surface area contributed by atoms with E-state index < -0.39 is 5.82 Å². The van der Waals surface area contributed by atoms with E-state index in [9.17, 15) is 9.18 Å². The molecular formula is C14H13FOS. The average molecular weight is 248 g/mol. The zero-order chi connectivity index (χ0) is 12.3. The van der Waals surface area contributed by atoms with Crippen molar-refractivity contribution in [3.8, 4) is 0 Å². The van der Waals surface area contributed by atoms with Crippen molar-refractivity contribution in [2.75, 3.05) is 0 Å². The second-order valence-electron chi connectivity index (χ2n) is 3.99. The lowest BCUT2D eigenvalue weighted by molar-refractivity contribution is 0.0979. The molecule has 1 heterocycles. The summed E-state index contributed by atoms with van der Waals surface area (Å²) in [6, 6.07) is 8.68. The topological polar surface area (TPSA) is 17.1 Å². The highest BCUT2D eigenvalue weighted by Crippen LogP contribution is 2.16. The van der Waals surface area contributed by atoms with Crippen molar-refractivity contribution >= 4 is 17.1 Å². The quantitative estimate of drug-likeness (QED) is 0.747. The minimum Gasteiger partial charge on any atom is -0.294 e. The smallest absolute Gasteiger partial charge is 0.166 e. The number of hydrogen-bond donors (Lipinski definition) is 0. The fraction of sp³-hybridized carbons (Fsp3) is 0.214. The lowest BCUT2D eigenvalue weighted by atomic mass is 10.0. The van der Waals surface area contributed by atoms with Crippen molar-refractivity contribution in [1.29, 1.82) is 0 Å². The first kappa shape index (κ1) is 12.0. The second kappa shape index (κ2) is 5.23. The molecule has 1 aromatic heterocycles. The molecule has 0 aliphatic carbocycles. The zero-order valence-corrected chi connectivity index (χ0v) is 10.4. The lowest BCUT2D eigenvalue weighted by Gasteiger charge is -2.02. The Balaban J connectivity index is 2.04. The Labute approximate surface area is 104 Å². The van der Waals surface area contributed by atoms with Gasteiger partial charge in [-0.25, -0.2) is 4.39 Å². The van der Waals surface area contributed by atoms with Gasteiger partial charge in [0.05, 0.1) is 5.56 Å². The van der Waals surface area contributed by atoms with Crippen LogP contribution in [0.2, 0.25) is 0 Å². The summed E-state index contributed by atoms with van der Waals surface area (Å²) in [6.45, 7) is 1.81. The Morgan fingerprint density at radius 2 is 2.18 bits per heavy atom. The lowest BCUT2D eigenvalue weighted by Crippen LogP contribution is -2.03. The molecule has 0 aliphatic rings. The molecule has 0 saturated carbocycles. The van der Waals surface area contributed by atoms with E-state index in [0.29, 0.717) is 12.8 Å². The molecule has 0 atom stereocenters. The van der Waals surface area contributed by atoms with Crippen LogP contribution in [0.15, 0.2) is 35.7 Å². The largest absolute Gasteiger partial charge is 0.294 e. The first-order valence-electron chi connectivity index (χ1n) is 5.48. The Hall–Kier alpha value is -1.48. The van der Waals surface area contributed by atoms with Crippen LogP contribution in [0.1, 0.15) is 27.2 Å².